The average molecular weight is 898 g/mol. The molecule has 6 heterocycles. The molecule has 0 aliphatic carbocycles. The zero-order chi connectivity index (χ0) is 45.2. The third-order valence-corrected chi connectivity index (χ3v) is 15.1. The predicted octanol–water partition coefficient (Wildman–Crippen LogP) is 6.10. The Morgan fingerprint density at radius 3 is 2.19 bits per heavy atom. The molecule has 2 aromatic heterocycles. The zero-order valence-corrected chi connectivity index (χ0v) is 36.2. The molecule has 4 aliphatic heterocycles. The van der Waals surface area contributed by atoms with E-state index < -0.39 is 62.2 Å². The number of nitrogens with one attached hydrogen (secondary N) is 2. The molecule has 3 fully saturated rings. The number of fused-ring (bicyclic) bond motifs is 2. The second-order valence-corrected chi connectivity index (χ2v) is 19.5. The highest BCUT2D eigenvalue weighted by atomic mass is 32.2. The maximum atomic E-state index is 15.5. The first-order valence-electron chi connectivity index (χ1n) is 21.4. The molecule has 334 valence electrons. The van der Waals surface area contributed by atoms with Crippen LogP contribution in [0, 0.1) is 30.3 Å². The molecule has 3 saturated heterocycles. The number of benzene rings is 3. The van der Waals surface area contributed by atoms with Crippen LogP contribution in [0.1, 0.15) is 85.0 Å². The summed E-state index contributed by atoms with van der Waals surface area (Å²) in [4.78, 5) is 68.4. The van der Waals surface area contributed by atoms with Crippen molar-refractivity contribution < 1.29 is 40.8 Å². The molecule has 0 saturated carbocycles. The summed E-state index contributed by atoms with van der Waals surface area (Å²) in [5.41, 5.74) is 1.45. The molecule has 15 nitrogen and oxygen atoms in total. The lowest BCUT2D eigenvalue weighted by Gasteiger charge is -2.38. The van der Waals surface area contributed by atoms with Crippen LogP contribution in [0.25, 0.3) is 22.3 Å². The lowest BCUT2D eigenvalue weighted by Crippen LogP contribution is -2.54. The van der Waals surface area contributed by atoms with E-state index in [0.29, 0.717) is 56.0 Å². The van der Waals surface area contributed by atoms with Crippen LogP contribution in [0.3, 0.4) is 0 Å². The summed E-state index contributed by atoms with van der Waals surface area (Å²) in [6.45, 7) is 8.69. The van der Waals surface area contributed by atoms with Gasteiger partial charge in [-0.15, -0.1) is 0 Å². The van der Waals surface area contributed by atoms with Gasteiger partial charge in [0.15, 0.2) is 21.5 Å². The Balaban J connectivity index is 0.781. The Kier molecular flexibility index (Phi) is 11.3. The Bertz CT molecular complexity index is 2840. The number of rotatable bonds is 10. The molecule has 4 amide bonds. The number of piperidine rings is 3. The van der Waals surface area contributed by atoms with Crippen LogP contribution in [-0.4, -0.2) is 105 Å². The number of halogens is 3. The summed E-state index contributed by atoms with van der Waals surface area (Å²) in [6, 6.07) is 10.4. The van der Waals surface area contributed by atoms with Gasteiger partial charge in [-0.25, -0.2) is 36.5 Å². The van der Waals surface area contributed by atoms with E-state index in [-0.39, 0.29) is 69.2 Å². The quantitative estimate of drug-likeness (QED) is 0.154. The Hall–Kier alpha value is -6.21. The number of anilines is 3. The number of sulfone groups is 1. The molecule has 2 N–H and O–H groups in total. The van der Waals surface area contributed by atoms with Crippen molar-refractivity contribution in [1.29, 1.82) is 0 Å². The maximum Gasteiger partial charge on any atom is 0.262 e. The van der Waals surface area contributed by atoms with Crippen molar-refractivity contribution >= 4 is 61.8 Å². The van der Waals surface area contributed by atoms with E-state index >= 15 is 13.2 Å². The van der Waals surface area contributed by atoms with Crippen LogP contribution in [-0.2, 0) is 19.4 Å². The van der Waals surface area contributed by atoms with E-state index in [4.69, 9.17) is 0 Å². The molecule has 1 unspecified atom stereocenters. The smallest absolute Gasteiger partial charge is 0.262 e. The van der Waals surface area contributed by atoms with Crippen LogP contribution < -0.4 is 15.5 Å². The number of nitrogens with zero attached hydrogens (tertiary/aromatic N) is 7. The number of carbonyl (C=O) groups is 4. The first-order valence-corrected chi connectivity index (χ1v) is 23.0. The number of imide groups is 2. The van der Waals surface area contributed by atoms with Crippen LogP contribution >= 0.6 is 0 Å². The molecule has 5 aromatic rings. The summed E-state index contributed by atoms with van der Waals surface area (Å²) >= 11 is 0. The molecule has 9 rings (SSSR count). The highest BCUT2D eigenvalue weighted by Crippen LogP contribution is 2.36. The number of likely N-dealkylation sites (tertiary alicyclic amines) is 1. The Labute approximate surface area is 367 Å². The molecule has 64 heavy (non-hydrogen) atoms. The summed E-state index contributed by atoms with van der Waals surface area (Å²) in [5, 5.41) is 4.60. The van der Waals surface area contributed by atoms with Crippen LogP contribution in [0.4, 0.5) is 30.5 Å². The third-order valence-electron chi connectivity index (χ3n) is 12.9. The molecular weight excluding hydrogens is 852 g/mol. The molecule has 0 bridgehead atoms. The maximum absolute atomic E-state index is 15.5. The second-order valence-electron chi connectivity index (χ2n) is 17.3. The van der Waals surface area contributed by atoms with Gasteiger partial charge >= 0.3 is 0 Å². The molecule has 1 atom stereocenters. The first-order chi connectivity index (χ1) is 30.6. The molecule has 4 aliphatic rings. The monoisotopic (exact) mass is 897 g/mol. The van der Waals surface area contributed by atoms with Gasteiger partial charge in [-0.3, -0.25) is 29.4 Å². The van der Waals surface area contributed by atoms with Gasteiger partial charge < -0.3 is 19.7 Å². The van der Waals surface area contributed by atoms with E-state index in [1.807, 2.05) is 23.3 Å². The normalized spacial score (nSPS) is 19.3. The topological polar surface area (TPSA) is 180 Å². The molecule has 19 heteroatoms. The number of aromatic nitrogens is 4. The van der Waals surface area contributed by atoms with Gasteiger partial charge in [0.2, 0.25) is 17.8 Å². The van der Waals surface area contributed by atoms with Gasteiger partial charge in [0.05, 0.1) is 38.7 Å². The highest BCUT2D eigenvalue weighted by molar-refractivity contribution is 7.92. The van der Waals surface area contributed by atoms with Gasteiger partial charge in [0, 0.05) is 43.3 Å². The molecule has 0 spiro atoms. The van der Waals surface area contributed by atoms with E-state index in [1.165, 1.54) is 24.3 Å². The average Bonchev–Trinajstić information content (AvgIpc) is 3.73. The molecule has 0 radical (unpaired) electrons. The number of aryl methyl sites for hydroxylation is 1. The fourth-order valence-corrected chi connectivity index (χ4v) is 11.3. The number of hydrogen-bond donors (Lipinski definition) is 2. The lowest BCUT2D eigenvalue weighted by atomic mass is 9.94. The SMILES string of the molecule is Cc1nc2c(F)cc(-c3nc(Nc4ccc(S(=O)(=O)C5CCN(CC6CCN(c7cc8c(cc7F)C(=O)N(C7CCC(=O)NC7=O)C8=O)CC6)CC5)cc4)ncc3F)cc2n1C(C)C. The summed E-state index contributed by atoms with van der Waals surface area (Å²) in [5.74, 6) is -3.65. The van der Waals surface area contributed by atoms with Gasteiger partial charge in [-0.2, -0.15) is 0 Å². The van der Waals surface area contributed by atoms with Crippen molar-refractivity contribution in [2.75, 3.05) is 42.9 Å². The minimum Gasteiger partial charge on any atom is -0.369 e. The van der Waals surface area contributed by atoms with E-state index in [1.54, 1.807) is 25.1 Å². The standard InChI is InChI=1S/C45H46F3N9O6S/c1-24(2)56-25(3)50-41-34(47)18-27(19-38(41)56)40-35(48)22-49-45(53-40)51-28-4-6-29(7-5-28)64(62,63)30-12-14-54(15-13-30)23-26-10-16-55(17-11-26)37-21-32-31(20-33(37)46)43(60)57(44(32)61)36-8-9-39(58)52-42(36)59/h4-7,18-22,24,26,30,36H,8-17,23H2,1-3H3,(H,49,51,53)(H,52,58,59). The van der Waals surface area contributed by atoms with Crippen molar-refractivity contribution in [3.63, 3.8) is 0 Å². The number of hydrogen-bond acceptors (Lipinski definition) is 12. The molecule has 3 aromatic carbocycles. The van der Waals surface area contributed by atoms with Crippen molar-refractivity contribution in [2.24, 2.45) is 5.92 Å². The van der Waals surface area contributed by atoms with Crippen LogP contribution in [0.15, 0.2) is 59.6 Å². The Morgan fingerprint density at radius 1 is 0.828 bits per heavy atom. The molecular formula is C45H46F3N9O6S. The predicted molar refractivity (Wildman–Crippen MR) is 230 cm³/mol. The summed E-state index contributed by atoms with van der Waals surface area (Å²) in [7, 11) is -3.66. The van der Waals surface area contributed by atoms with Crippen LogP contribution in [0.5, 0.6) is 0 Å². The largest absolute Gasteiger partial charge is 0.369 e. The van der Waals surface area contributed by atoms with E-state index in [9.17, 15) is 27.6 Å². The fraction of sp³-hybridized carbons (Fsp3) is 0.400. The Morgan fingerprint density at radius 2 is 1.52 bits per heavy atom. The van der Waals surface area contributed by atoms with Crippen molar-refractivity contribution in [1.82, 2.24) is 34.6 Å². The lowest BCUT2D eigenvalue weighted by molar-refractivity contribution is -0.136. The van der Waals surface area contributed by atoms with E-state index in [0.717, 1.165) is 36.5 Å². The second kappa shape index (κ2) is 16.7. The first kappa shape index (κ1) is 43.1. The van der Waals surface area contributed by atoms with E-state index in [2.05, 4.69) is 30.5 Å². The van der Waals surface area contributed by atoms with Crippen molar-refractivity contribution in [3.05, 3.63) is 89.1 Å². The summed E-state index contributed by atoms with van der Waals surface area (Å²) < 4.78 is 75.1. The minimum absolute atomic E-state index is 0.00884. The van der Waals surface area contributed by atoms with Crippen LogP contribution in [0.2, 0.25) is 0 Å². The third kappa shape index (κ3) is 7.88. The number of imidazole rings is 1. The number of carbonyl (C=O) groups excluding carboxylic acids is 4. The number of amides is 4. The highest BCUT2D eigenvalue weighted by Gasteiger charge is 2.45. The van der Waals surface area contributed by atoms with Gasteiger partial charge in [0.1, 0.15) is 28.9 Å². The summed E-state index contributed by atoms with van der Waals surface area (Å²) in [6.07, 6.45) is 3.40. The van der Waals surface area contributed by atoms with Gasteiger partial charge in [-0.1, -0.05) is 0 Å². The zero-order valence-electron chi connectivity index (χ0n) is 35.4. The minimum atomic E-state index is -3.66. The van der Waals surface area contributed by atoms with Crippen molar-refractivity contribution in [3.8, 4) is 11.3 Å². The van der Waals surface area contributed by atoms with Gasteiger partial charge in [0.25, 0.3) is 11.8 Å². The van der Waals surface area contributed by atoms with Gasteiger partial charge in [-0.05, 0) is 120 Å². The fourth-order valence-electron chi connectivity index (χ4n) is 9.58. The van der Waals surface area contributed by atoms with Crippen molar-refractivity contribution in [2.45, 2.75) is 81.5 Å².